The van der Waals surface area contributed by atoms with E-state index in [0.29, 0.717) is 28.6 Å². The Bertz CT molecular complexity index is 1210. The summed E-state index contributed by atoms with van der Waals surface area (Å²) < 4.78 is 33.7. The molecule has 8 heteroatoms. The van der Waals surface area contributed by atoms with Crippen LogP contribution in [0.25, 0.3) is 0 Å². The molecular weight excluding hydrogens is 448 g/mol. The molecule has 6 nitrogen and oxygen atoms in total. The van der Waals surface area contributed by atoms with E-state index >= 15 is 0 Å². The molecule has 1 atom stereocenters. The van der Waals surface area contributed by atoms with Crippen LogP contribution < -0.4 is 14.8 Å². The molecule has 0 aliphatic heterocycles. The molecule has 0 aliphatic carbocycles. The molecule has 32 heavy (non-hydrogen) atoms. The standard InChI is InChI=1S/C24H25ClN2O4S/c1-4-23(31-21-7-5-6-18(25)15-21)24(28)26-19-10-12-22(13-11-19)32(29,30)27-20-9-8-16(2)17(3)14-20/h5-15,23,27H,4H2,1-3H3,(H,26,28)/t23-/m1/s1. The van der Waals surface area contributed by atoms with Gasteiger partial charge in [0.2, 0.25) is 0 Å². The van der Waals surface area contributed by atoms with Crippen molar-refractivity contribution in [3.8, 4) is 5.75 Å². The predicted molar refractivity (Wildman–Crippen MR) is 128 cm³/mol. The number of nitrogens with one attached hydrogen (secondary N) is 2. The van der Waals surface area contributed by atoms with E-state index in [1.165, 1.54) is 12.1 Å². The predicted octanol–water partition coefficient (Wildman–Crippen LogP) is 5.55. The molecule has 0 fully saturated rings. The van der Waals surface area contributed by atoms with Gasteiger partial charge in [-0.15, -0.1) is 0 Å². The van der Waals surface area contributed by atoms with Crippen molar-refractivity contribution < 1.29 is 17.9 Å². The van der Waals surface area contributed by atoms with Gasteiger partial charge in [-0.05, 0) is 86.0 Å². The summed E-state index contributed by atoms with van der Waals surface area (Å²) in [5, 5.41) is 3.28. The molecule has 3 rings (SSSR count). The molecule has 3 aromatic carbocycles. The topological polar surface area (TPSA) is 84.5 Å². The summed E-state index contributed by atoms with van der Waals surface area (Å²) in [6, 6.07) is 18.2. The summed E-state index contributed by atoms with van der Waals surface area (Å²) in [5.74, 6) is 0.162. The highest BCUT2D eigenvalue weighted by molar-refractivity contribution is 7.92. The van der Waals surface area contributed by atoms with Crippen molar-refractivity contribution in [2.24, 2.45) is 0 Å². The van der Waals surface area contributed by atoms with E-state index in [1.54, 1.807) is 48.5 Å². The number of hydrogen-bond acceptors (Lipinski definition) is 4. The van der Waals surface area contributed by atoms with E-state index in [1.807, 2.05) is 26.8 Å². The van der Waals surface area contributed by atoms with Crippen molar-refractivity contribution in [3.63, 3.8) is 0 Å². The number of amides is 1. The molecule has 0 heterocycles. The van der Waals surface area contributed by atoms with Crippen molar-refractivity contribution in [1.82, 2.24) is 0 Å². The van der Waals surface area contributed by atoms with Gasteiger partial charge in [-0.3, -0.25) is 9.52 Å². The number of ether oxygens (including phenoxy) is 1. The van der Waals surface area contributed by atoms with E-state index in [4.69, 9.17) is 16.3 Å². The van der Waals surface area contributed by atoms with E-state index in [9.17, 15) is 13.2 Å². The van der Waals surface area contributed by atoms with Crippen LogP contribution in [0.1, 0.15) is 24.5 Å². The number of rotatable bonds is 8. The van der Waals surface area contributed by atoms with E-state index in [-0.39, 0.29) is 10.8 Å². The largest absolute Gasteiger partial charge is 0.481 e. The maximum Gasteiger partial charge on any atom is 0.265 e. The number of halogens is 1. The molecule has 0 aromatic heterocycles. The van der Waals surface area contributed by atoms with Gasteiger partial charge < -0.3 is 10.1 Å². The van der Waals surface area contributed by atoms with Crippen molar-refractivity contribution in [2.45, 2.75) is 38.2 Å². The number of hydrogen-bond donors (Lipinski definition) is 2. The van der Waals surface area contributed by atoms with Crippen LogP contribution in [0, 0.1) is 13.8 Å². The second-order valence-corrected chi connectivity index (χ2v) is 9.51. The highest BCUT2D eigenvalue weighted by Crippen LogP contribution is 2.22. The molecule has 3 aromatic rings. The van der Waals surface area contributed by atoms with Crippen molar-refractivity contribution in [2.75, 3.05) is 10.0 Å². The van der Waals surface area contributed by atoms with Crippen molar-refractivity contribution >= 4 is 38.9 Å². The number of aryl methyl sites for hydroxylation is 2. The molecule has 0 bridgehead atoms. The van der Waals surface area contributed by atoms with Gasteiger partial charge in [0.1, 0.15) is 5.75 Å². The second kappa shape index (κ2) is 10.1. The van der Waals surface area contributed by atoms with Gasteiger partial charge in [0.25, 0.3) is 15.9 Å². The first-order valence-corrected chi connectivity index (χ1v) is 12.0. The Morgan fingerprint density at radius 3 is 2.28 bits per heavy atom. The zero-order valence-electron chi connectivity index (χ0n) is 18.1. The highest BCUT2D eigenvalue weighted by Gasteiger charge is 2.20. The minimum absolute atomic E-state index is 0.0935. The second-order valence-electron chi connectivity index (χ2n) is 7.39. The fourth-order valence-corrected chi connectivity index (χ4v) is 4.22. The average Bonchev–Trinajstić information content (AvgIpc) is 2.75. The van der Waals surface area contributed by atoms with E-state index < -0.39 is 16.1 Å². The van der Waals surface area contributed by atoms with Gasteiger partial charge in [0.15, 0.2) is 6.10 Å². The first-order chi connectivity index (χ1) is 15.2. The third-order valence-corrected chi connectivity index (χ3v) is 6.56. The summed E-state index contributed by atoms with van der Waals surface area (Å²) in [6.07, 6.45) is -0.270. The molecule has 0 spiro atoms. The summed E-state index contributed by atoms with van der Waals surface area (Å²) >= 11 is 5.96. The summed E-state index contributed by atoms with van der Waals surface area (Å²) in [5.41, 5.74) is 3.04. The van der Waals surface area contributed by atoms with Crippen LogP contribution in [0.2, 0.25) is 5.02 Å². The van der Waals surface area contributed by atoms with Crippen LogP contribution in [-0.2, 0) is 14.8 Å². The minimum atomic E-state index is -3.75. The van der Waals surface area contributed by atoms with Crippen molar-refractivity contribution in [3.05, 3.63) is 82.9 Å². The van der Waals surface area contributed by atoms with Crippen LogP contribution in [-0.4, -0.2) is 20.4 Å². The molecule has 0 radical (unpaired) electrons. The number of anilines is 2. The highest BCUT2D eigenvalue weighted by atomic mass is 35.5. The Hall–Kier alpha value is -3.03. The van der Waals surface area contributed by atoms with Gasteiger partial charge in [-0.2, -0.15) is 0 Å². The summed E-state index contributed by atoms with van der Waals surface area (Å²) in [4.78, 5) is 12.7. The van der Waals surface area contributed by atoms with Crippen LogP contribution >= 0.6 is 11.6 Å². The number of carbonyl (C=O) groups excluding carboxylic acids is 1. The first kappa shape index (κ1) is 23.6. The number of sulfonamides is 1. The summed E-state index contributed by atoms with van der Waals surface area (Å²) in [7, 11) is -3.75. The Labute approximate surface area is 193 Å². The molecule has 2 N–H and O–H groups in total. The third kappa shape index (κ3) is 6.02. The quantitative estimate of drug-likeness (QED) is 0.450. The van der Waals surface area contributed by atoms with Gasteiger partial charge in [-0.1, -0.05) is 30.7 Å². The number of carbonyl (C=O) groups is 1. The first-order valence-electron chi connectivity index (χ1n) is 10.1. The number of benzene rings is 3. The SMILES string of the molecule is CC[C@@H](Oc1cccc(Cl)c1)C(=O)Nc1ccc(S(=O)(=O)Nc2ccc(C)c(C)c2)cc1. The lowest BCUT2D eigenvalue weighted by molar-refractivity contribution is -0.122. The van der Waals surface area contributed by atoms with Gasteiger partial charge >= 0.3 is 0 Å². The molecule has 0 saturated heterocycles. The lowest BCUT2D eigenvalue weighted by Gasteiger charge is -2.17. The molecule has 0 unspecified atom stereocenters. The van der Waals surface area contributed by atoms with Gasteiger partial charge in [0, 0.05) is 16.4 Å². The van der Waals surface area contributed by atoms with E-state index in [2.05, 4.69) is 10.0 Å². The van der Waals surface area contributed by atoms with E-state index in [0.717, 1.165) is 11.1 Å². The van der Waals surface area contributed by atoms with Crippen LogP contribution in [0.15, 0.2) is 71.6 Å². The van der Waals surface area contributed by atoms with Crippen LogP contribution in [0.5, 0.6) is 5.75 Å². The Morgan fingerprint density at radius 2 is 1.66 bits per heavy atom. The smallest absolute Gasteiger partial charge is 0.265 e. The fourth-order valence-electron chi connectivity index (χ4n) is 2.99. The Kier molecular flexibility index (Phi) is 7.43. The minimum Gasteiger partial charge on any atom is -0.481 e. The molecule has 1 amide bonds. The zero-order chi connectivity index (χ0) is 23.3. The molecule has 0 saturated carbocycles. The average molecular weight is 473 g/mol. The zero-order valence-corrected chi connectivity index (χ0v) is 19.6. The maximum atomic E-state index is 12.7. The summed E-state index contributed by atoms with van der Waals surface area (Å²) in [6.45, 7) is 5.72. The maximum absolute atomic E-state index is 12.7. The Morgan fingerprint density at radius 1 is 0.969 bits per heavy atom. The normalized spacial score (nSPS) is 12.1. The molecular formula is C24H25ClN2O4S. The molecule has 168 valence electrons. The third-order valence-electron chi connectivity index (χ3n) is 4.93. The van der Waals surface area contributed by atoms with Gasteiger partial charge in [0.05, 0.1) is 4.90 Å². The lowest BCUT2D eigenvalue weighted by Crippen LogP contribution is -2.32. The monoisotopic (exact) mass is 472 g/mol. The Balaban J connectivity index is 1.67. The lowest BCUT2D eigenvalue weighted by atomic mass is 10.1. The van der Waals surface area contributed by atoms with Crippen molar-refractivity contribution in [1.29, 1.82) is 0 Å². The van der Waals surface area contributed by atoms with Gasteiger partial charge in [-0.25, -0.2) is 8.42 Å². The van der Waals surface area contributed by atoms with Crippen LogP contribution in [0.4, 0.5) is 11.4 Å². The van der Waals surface area contributed by atoms with Crippen LogP contribution in [0.3, 0.4) is 0 Å². The fraction of sp³-hybridized carbons (Fsp3) is 0.208. The molecule has 0 aliphatic rings.